The van der Waals surface area contributed by atoms with E-state index in [2.05, 4.69) is 5.10 Å². The molecular formula is C13H22N4O2. The molecule has 19 heavy (non-hydrogen) atoms. The molecule has 106 valence electrons. The molecule has 0 spiro atoms. The number of ether oxygens (including phenoxy) is 1. The Bertz CT molecular complexity index is 457. The number of hydrogen-bond acceptors (Lipinski definition) is 4. The van der Waals surface area contributed by atoms with Gasteiger partial charge in [0.1, 0.15) is 5.69 Å². The summed E-state index contributed by atoms with van der Waals surface area (Å²) in [4.78, 5) is 14.3. The number of carbonyl (C=O) groups excluding carboxylic acids is 1. The number of hydrogen-bond donors (Lipinski definition) is 1. The summed E-state index contributed by atoms with van der Waals surface area (Å²) in [7, 11) is 1.80. The first-order chi connectivity index (χ1) is 9.05. The van der Waals surface area contributed by atoms with E-state index in [4.69, 9.17) is 10.5 Å². The van der Waals surface area contributed by atoms with Crippen molar-refractivity contribution < 1.29 is 9.53 Å². The highest BCUT2D eigenvalue weighted by molar-refractivity contribution is 5.92. The van der Waals surface area contributed by atoms with E-state index in [-0.39, 0.29) is 18.1 Å². The smallest absolute Gasteiger partial charge is 0.272 e. The first-order valence-corrected chi connectivity index (χ1v) is 6.72. The molecule has 1 aliphatic heterocycles. The second-order valence-corrected chi connectivity index (χ2v) is 5.01. The average molecular weight is 266 g/mol. The standard InChI is InChI=1S/C13H22N4O2/c1-4-10-5-12(16(3)15-10)13(18)17-7-9(2)19-11(6-14)8-17/h5,9,11H,4,6-8,14H2,1-3H3. The molecule has 6 heteroatoms. The fourth-order valence-electron chi connectivity index (χ4n) is 2.40. The Balaban J connectivity index is 2.16. The minimum absolute atomic E-state index is 0.00306. The lowest BCUT2D eigenvalue weighted by atomic mass is 10.2. The molecule has 1 fully saturated rings. The Morgan fingerprint density at radius 1 is 1.58 bits per heavy atom. The number of carbonyl (C=O) groups is 1. The normalized spacial score (nSPS) is 23.7. The van der Waals surface area contributed by atoms with Crippen LogP contribution in [0.2, 0.25) is 0 Å². The Morgan fingerprint density at radius 3 is 2.89 bits per heavy atom. The summed E-state index contributed by atoms with van der Waals surface area (Å²) in [6, 6.07) is 1.86. The maximum absolute atomic E-state index is 12.5. The van der Waals surface area contributed by atoms with Gasteiger partial charge in [0.2, 0.25) is 0 Å². The van der Waals surface area contributed by atoms with Gasteiger partial charge < -0.3 is 15.4 Å². The lowest BCUT2D eigenvalue weighted by Crippen LogP contribution is -2.51. The van der Waals surface area contributed by atoms with E-state index in [0.29, 0.717) is 25.3 Å². The maximum Gasteiger partial charge on any atom is 0.272 e. The van der Waals surface area contributed by atoms with E-state index in [1.807, 2.05) is 24.8 Å². The third-order valence-corrected chi connectivity index (χ3v) is 3.39. The first kappa shape index (κ1) is 14.0. The molecule has 0 aromatic carbocycles. The number of aryl methyl sites for hydroxylation is 2. The Morgan fingerprint density at radius 2 is 2.32 bits per heavy atom. The van der Waals surface area contributed by atoms with Gasteiger partial charge >= 0.3 is 0 Å². The lowest BCUT2D eigenvalue weighted by molar-refractivity contribution is -0.0628. The summed E-state index contributed by atoms with van der Waals surface area (Å²) < 4.78 is 7.32. The van der Waals surface area contributed by atoms with Gasteiger partial charge in [-0.2, -0.15) is 5.10 Å². The predicted molar refractivity (Wildman–Crippen MR) is 71.9 cm³/mol. The SMILES string of the molecule is CCc1cc(C(=O)N2CC(C)OC(CN)C2)n(C)n1. The van der Waals surface area contributed by atoms with Crippen molar-refractivity contribution in [1.82, 2.24) is 14.7 Å². The zero-order valence-corrected chi connectivity index (χ0v) is 11.8. The highest BCUT2D eigenvalue weighted by Crippen LogP contribution is 2.15. The van der Waals surface area contributed by atoms with Crippen molar-refractivity contribution in [3.63, 3.8) is 0 Å². The lowest BCUT2D eigenvalue weighted by Gasteiger charge is -2.36. The van der Waals surface area contributed by atoms with Gasteiger partial charge in [0.05, 0.1) is 17.9 Å². The summed E-state index contributed by atoms with van der Waals surface area (Å²) in [6.07, 6.45) is 0.767. The molecule has 2 unspecified atom stereocenters. The van der Waals surface area contributed by atoms with Crippen LogP contribution >= 0.6 is 0 Å². The summed E-state index contributed by atoms with van der Waals surface area (Å²) >= 11 is 0. The van der Waals surface area contributed by atoms with Gasteiger partial charge in [-0.15, -0.1) is 0 Å². The summed E-state index contributed by atoms with van der Waals surface area (Å²) in [5.41, 5.74) is 7.20. The predicted octanol–water partition coefficient (Wildman–Crippen LogP) is 0.171. The molecular weight excluding hydrogens is 244 g/mol. The second kappa shape index (κ2) is 5.71. The molecule has 2 heterocycles. The van der Waals surface area contributed by atoms with Gasteiger partial charge in [-0.3, -0.25) is 9.48 Å². The number of rotatable bonds is 3. The number of aromatic nitrogens is 2. The Labute approximate surface area is 113 Å². The number of amides is 1. The van der Waals surface area contributed by atoms with Gasteiger partial charge in [-0.1, -0.05) is 6.92 Å². The molecule has 2 N–H and O–H groups in total. The molecule has 1 aromatic rings. The van der Waals surface area contributed by atoms with Gasteiger partial charge in [0, 0.05) is 26.7 Å². The second-order valence-electron chi connectivity index (χ2n) is 5.01. The topological polar surface area (TPSA) is 73.4 Å². The Hall–Kier alpha value is -1.40. The van der Waals surface area contributed by atoms with Crippen molar-refractivity contribution in [2.45, 2.75) is 32.5 Å². The van der Waals surface area contributed by atoms with Crippen LogP contribution in [0.5, 0.6) is 0 Å². The fraction of sp³-hybridized carbons (Fsp3) is 0.692. The van der Waals surface area contributed by atoms with E-state index in [9.17, 15) is 4.79 Å². The highest BCUT2D eigenvalue weighted by atomic mass is 16.5. The molecule has 6 nitrogen and oxygen atoms in total. The van der Waals surface area contributed by atoms with Crippen LogP contribution in [0, 0.1) is 0 Å². The van der Waals surface area contributed by atoms with Crippen molar-refractivity contribution >= 4 is 5.91 Å². The molecule has 2 rings (SSSR count). The monoisotopic (exact) mass is 266 g/mol. The Kier molecular flexibility index (Phi) is 4.21. The van der Waals surface area contributed by atoms with Crippen LogP contribution in [0.3, 0.4) is 0 Å². The van der Waals surface area contributed by atoms with Crippen LogP contribution in [0.15, 0.2) is 6.07 Å². The van der Waals surface area contributed by atoms with Gasteiger partial charge in [0.15, 0.2) is 0 Å². The van der Waals surface area contributed by atoms with Gasteiger partial charge in [0.25, 0.3) is 5.91 Å². The minimum atomic E-state index is -0.0772. The summed E-state index contributed by atoms with van der Waals surface area (Å²) in [5, 5.41) is 4.32. The van der Waals surface area contributed by atoms with E-state index in [1.165, 1.54) is 0 Å². The van der Waals surface area contributed by atoms with Crippen molar-refractivity contribution in [2.24, 2.45) is 12.8 Å². The molecule has 0 radical (unpaired) electrons. The van der Waals surface area contributed by atoms with E-state index < -0.39 is 0 Å². The van der Waals surface area contributed by atoms with Crippen LogP contribution in [0.4, 0.5) is 0 Å². The fourth-order valence-corrected chi connectivity index (χ4v) is 2.40. The van der Waals surface area contributed by atoms with Crippen LogP contribution in [-0.2, 0) is 18.2 Å². The number of nitrogens with two attached hydrogens (primary N) is 1. The molecule has 1 aromatic heterocycles. The first-order valence-electron chi connectivity index (χ1n) is 6.72. The van der Waals surface area contributed by atoms with E-state index in [1.54, 1.807) is 11.7 Å². The maximum atomic E-state index is 12.5. The van der Waals surface area contributed by atoms with E-state index in [0.717, 1.165) is 12.1 Å². The molecule has 2 atom stereocenters. The number of nitrogens with zero attached hydrogens (tertiary/aromatic N) is 3. The summed E-state index contributed by atoms with van der Waals surface area (Å²) in [5.74, 6) is 0.00306. The van der Waals surface area contributed by atoms with Gasteiger partial charge in [-0.25, -0.2) is 0 Å². The number of morpholine rings is 1. The average Bonchev–Trinajstić information content (AvgIpc) is 2.78. The minimum Gasteiger partial charge on any atom is -0.370 e. The van der Waals surface area contributed by atoms with Crippen LogP contribution in [0.25, 0.3) is 0 Å². The van der Waals surface area contributed by atoms with Crippen LogP contribution in [-0.4, -0.2) is 52.4 Å². The largest absolute Gasteiger partial charge is 0.370 e. The zero-order valence-electron chi connectivity index (χ0n) is 11.8. The van der Waals surface area contributed by atoms with Gasteiger partial charge in [-0.05, 0) is 19.4 Å². The van der Waals surface area contributed by atoms with Crippen molar-refractivity contribution in [2.75, 3.05) is 19.6 Å². The third-order valence-electron chi connectivity index (χ3n) is 3.39. The molecule has 0 aliphatic carbocycles. The van der Waals surface area contributed by atoms with Crippen LogP contribution in [0.1, 0.15) is 30.0 Å². The van der Waals surface area contributed by atoms with Crippen molar-refractivity contribution in [3.8, 4) is 0 Å². The highest BCUT2D eigenvalue weighted by Gasteiger charge is 2.29. The quantitative estimate of drug-likeness (QED) is 0.846. The van der Waals surface area contributed by atoms with Crippen LogP contribution < -0.4 is 5.73 Å². The summed E-state index contributed by atoms with van der Waals surface area (Å²) in [6.45, 7) is 5.56. The van der Waals surface area contributed by atoms with E-state index >= 15 is 0 Å². The zero-order chi connectivity index (χ0) is 14.0. The molecule has 0 saturated carbocycles. The van der Waals surface area contributed by atoms with Crippen molar-refractivity contribution in [1.29, 1.82) is 0 Å². The molecule has 0 bridgehead atoms. The molecule has 1 amide bonds. The third kappa shape index (κ3) is 2.96. The molecule has 1 saturated heterocycles. The molecule has 1 aliphatic rings. The van der Waals surface area contributed by atoms with Crippen molar-refractivity contribution in [3.05, 3.63) is 17.5 Å².